The normalized spacial score (nSPS) is 18.5. The molecule has 0 spiro atoms. The quantitative estimate of drug-likeness (QED) is 0.553. The second kappa shape index (κ2) is 8.55. The number of rotatable bonds is 5. The van der Waals surface area contributed by atoms with E-state index >= 15 is 0 Å². The standard InChI is InChI=1S/C22H26F3N5O2/c1-13(2)17-11-16(22(23,24)25)19-20(28-32-21(19)27-17)15-6-4-8-29(12-15)18(31)10-14(3)30-9-5-7-26-30/h5,7,9,11,13-15H,4,6,8,10,12H2,1-3H3. The van der Waals surface area contributed by atoms with Gasteiger partial charge >= 0.3 is 6.18 Å². The molecule has 0 aliphatic carbocycles. The van der Waals surface area contributed by atoms with Crippen molar-refractivity contribution in [2.75, 3.05) is 13.1 Å². The van der Waals surface area contributed by atoms with Crippen LogP contribution in [0.4, 0.5) is 13.2 Å². The Kier molecular flexibility index (Phi) is 5.96. The summed E-state index contributed by atoms with van der Waals surface area (Å²) in [4.78, 5) is 18.9. The number of halogens is 3. The minimum Gasteiger partial charge on any atom is -0.342 e. The SMILES string of the molecule is CC(C)c1cc(C(F)(F)F)c2c(C3CCCN(C(=O)CC(C)n4cccn4)C3)noc2n1. The molecule has 2 unspecified atom stereocenters. The number of amides is 1. The molecule has 1 saturated heterocycles. The van der Waals surface area contributed by atoms with E-state index in [1.54, 1.807) is 41.9 Å². The largest absolute Gasteiger partial charge is 0.417 e. The monoisotopic (exact) mass is 449 g/mol. The van der Waals surface area contributed by atoms with Crippen molar-refractivity contribution in [2.45, 2.75) is 64.1 Å². The van der Waals surface area contributed by atoms with E-state index < -0.39 is 11.7 Å². The number of pyridine rings is 1. The summed E-state index contributed by atoms with van der Waals surface area (Å²) in [7, 11) is 0. The highest BCUT2D eigenvalue weighted by Crippen LogP contribution is 2.40. The van der Waals surface area contributed by atoms with Crippen LogP contribution < -0.4 is 0 Å². The van der Waals surface area contributed by atoms with Gasteiger partial charge < -0.3 is 9.42 Å². The first kappa shape index (κ1) is 22.3. The summed E-state index contributed by atoms with van der Waals surface area (Å²) in [5.41, 5.74) is -0.346. The van der Waals surface area contributed by atoms with E-state index in [1.807, 2.05) is 6.92 Å². The molecule has 1 aliphatic rings. The van der Waals surface area contributed by atoms with Crippen molar-refractivity contribution in [3.8, 4) is 0 Å². The molecule has 0 radical (unpaired) electrons. The highest BCUT2D eigenvalue weighted by molar-refractivity contribution is 5.82. The minimum absolute atomic E-state index is 0.0539. The van der Waals surface area contributed by atoms with Gasteiger partial charge in [-0.1, -0.05) is 19.0 Å². The van der Waals surface area contributed by atoms with Gasteiger partial charge in [-0.15, -0.1) is 0 Å². The predicted octanol–water partition coefficient (Wildman–Crippen LogP) is 4.92. The number of piperidine rings is 1. The molecule has 172 valence electrons. The fourth-order valence-electron chi connectivity index (χ4n) is 4.23. The molecule has 7 nitrogen and oxygen atoms in total. The zero-order chi connectivity index (χ0) is 23.0. The van der Waals surface area contributed by atoms with Gasteiger partial charge in [0.15, 0.2) is 0 Å². The lowest BCUT2D eigenvalue weighted by molar-refractivity contribution is -0.136. The lowest BCUT2D eigenvalue weighted by Gasteiger charge is -2.32. The summed E-state index contributed by atoms with van der Waals surface area (Å²) in [6.45, 7) is 6.33. The highest BCUT2D eigenvalue weighted by Gasteiger charge is 2.38. The first-order valence-electron chi connectivity index (χ1n) is 10.8. The van der Waals surface area contributed by atoms with Crippen LogP contribution in [0.2, 0.25) is 0 Å². The third-order valence-electron chi connectivity index (χ3n) is 6.00. The Hall–Kier alpha value is -2.91. The fraction of sp³-hybridized carbons (Fsp3) is 0.545. The van der Waals surface area contributed by atoms with E-state index in [2.05, 4.69) is 15.2 Å². The third-order valence-corrected chi connectivity index (χ3v) is 6.00. The second-order valence-corrected chi connectivity index (χ2v) is 8.71. The Morgan fingerprint density at radius 1 is 1.31 bits per heavy atom. The maximum Gasteiger partial charge on any atom is 0.417 e. The molecule has 3 aromatic heterocycles. The van der Waals surface area contributed by atoms with Crippen LogP contribution in [0.15, 0.2) is 29.0 Å². The lowest BCUT2D eigenvalue weighted by atomic mass is 9.91. The molecule has 10 heteroatoms. The van der Waals surface area contributed by atoms with Crippen molar-refractivity contribution >= 4 is 17.0 Å². The molecule has 1 aliphatic heterocycles. The molecule has 3 aromatic rings. The molecule has 2 atom stereocenters. The van der Waals surface area contributed by atoms with E-state index in [4.69, 9.17) is 4.52 Å². The molecule has 4 rings (SSSR count). The Balaban J connectivity index is 1.60. The molecule has 0 bridgehead atoms. The maximum absolute atomic E-state index is 13.9. The van der Waals surface area contributed by atoms with Crippen LogP contribution in [-0.4, -0.2) is 43.8 Å². The smallest absolute Gasteiger partial charge is 0.342 e. The number of hydrogen-bond donors (Lipinski definition) is 0. The Labute approximate surface area is 183 Å². The minimum atomic E-state index is -4.56. The Bertz CT molecular complexity index is 1090. The van der Waals surface area contributed by atoms with E-state index in [-0.39, 0.29) is 47.0 Å². The van der Waals surface area contributed by atoms with E-state index in [9.17, 15) is 18.0 Å². The predicted molar refractivity (Wildman–Crippen MR) is 111 cm³/mol. The van der Waals surface area contributed by atoms with Crippen molar-refractivity contribution < 1.29 is 22.5 Å². The van der Waals surface area contributed by atoms with Gasteiger partial charge in [0.25, 0.3) is 5.71 Å². The van der Waals surface area contributed by atoms with Crippen molar-refractivity contribution in [1.82, 2.24) is 24.8 Å². The lowest BCUT2D eigenvalue weighted by Crippen LogP contribution is -2.40. The number of fused-ring (bicyclic) bond motifs is 1. The number of carbonyl (C=O) groups is 1. The Morgan fingerprint density at radius 3 is 2.75 bits per heavy atom. The average molecular weight is 449 g/mol. The van der Waals surface area contributed by atoms with Crippen molar-refractivity contribution in [3.63, 3.8) is 0 Å². The van der Waals surface area contributed by atoms with E-state index in [0.717, 1.165) is 6.07 Å². The van der Waals surface area contributed by atoms with Crippen LogP contribution in [0.1, 0.15) is 74.9 Å². The first-order chi connectivity index (χ1) is 15.1. The second-order valence-electron chi connectivity index (χ2n) is 8.71. The van der Waals surface area contributed by atoms with Crippen LogP contribution >= 0.6 is 0 Å². The van der Waals surface area contributed by atoms with Crippen LogP contribution in [0.3, 0.4) is 0 Å². The molecular weight excluding hydrogens is 423 g/mol. The molecule has 0 aromatic carbocycles. The van der Waals surface area contributed by atoms with Crippen LogP contribution in [0.5, 0.6) is 0 Å². The fourth-order valence-corrected chi connectivity index (χ4v) is 4.23. The van der Waals surface area contributed by atoms with Gasteiger partial charge in [-0.3, -0.25) is 9.48 Å². The number of nitrogens with zero attached hydrogens (tertiary/aromatic N) is 5. The Morgan fingerprint density at radius 2 is 2.09 bits per heavy atom. The number of alkyl halides is 3. The number of carbonyl (C=O) groups excluding carboxylic acids is 1. The van der Waals surface area contributed by atoms with Gasteiger partial charge in [-0.2, -0.15) is 18.3 Å². The van der Waals surface area contributed by atoms with E-state index in [1.165, 1.54) is 0 Å². The zero-order valence-electron chi connectivity index (χ0n) is 18.3. The van der Waals surface area contributed by atoms with Gasteiger partial charge in [-0.25, -0.2) is 4.98 Å². The third kappa shape index (κ3) is 4.35. The van der Waals surface area contributed by atoms with Gasteiger partial charge in [0.2, 0.25) is 5.91 Å². The summed E-state index contributed by atoms with van der Waals surface area (Å²) in [6.07, 6.45) is 0.471. The van der Waals surface area contributed by atoms with Crippen molar-refractivity contribution in [3.05, 3.63) is 41.5 Å². The first-order valence-corrected chi connectivity index (χ1v) is 10.8. The number of aromatic nitrogens is 4. The number of likely N-dealkylation sites (tertiary alicyclic amines) is 1. The molecule has 0 N–H and O–H groups in total. The summed E-state index contributed by atoms with van der Waals surface area (Å²) in [5, 5.41) is 8.07. The summed E-state index contributed by atoms with van der Waals surface area (Å²) >= 11 is 0. The van der Waals surface area contributed by atoms with E-state index in [0.29, 0.717) is 31.6 Å². The zero-order valence-corrected chi connectivity index (χ0v) is 18.3. The summed E-state index contributed by atoms with van der Waals surface area (Å²) in [5.74, 6) is -0.586. The molecule has 0 saturated carbocycles. The van der Waals surface area contributed by atoms with Crippen LogP contribution in [-0.2, 0) is 11.0 Å². The molecular formula is C22H26F3N5O2. The molecule has 4 heterocycles. The molecule has 1 amide bonds. The van der Waals surface area contributed by atoms with Crippen molar-refractivity contribution in [2.24, 2.45) is 0 Å². The van der Waals surface area contributed by atoms with Crippen molar-refractivity contribution in [1.29, 1.82) is 0 Å². The average Bonchev–Trinajstić information content (AvgIpc) is 3.42. The molecule has 32 heavy (non-hydrogen) atoms. The molecule has 1 fully saturated rings. The van der Waals surface area contributed by atoms with Gasteiger partial charge in [0.05, 0.1) is 22.7 Å². The van der Waals surface area contributed by atoms with Gasteiger partial charge in [0, 0.05) is 43.5 Å². The summed E-state index contributed by atoms with van der Waals surface area (Å²) < 4.78 is 48.7. The maximum atomic E-state index is 13.9. The topological polar surface area (TPSA) is 77.0 Å². The van der Waals surface area contributed by atoms with Gasteiger partial charge in [-0.05, 0) is 37.8 Å². The highest BCUT2D eigenvalue weighted by atomic mass is 19.4. The summed E-state index contributed by atoms with van der Waals surface area (Å²) in [6, 6.07) is 2.77. The van der Waals surface area contributed by atoms with Crippen LogP contribution in [0.25, 0.3) is 11.1 Å². The van der Waals surface area contributed by atoms with Gasteiger partial charge in [0.1, 0.15) is 0 Å². The van der Waals surface area contributed by atoms with Crippen LogP contribution in [0, 0.1) is 0 Å². The number of hydrogen-bond acceptors (Lipinski definition) is 5.